The highest BCUT2D eigenvalue weighted by atomic mass is 32.2. The van der Waals surface area contributed by atoms with Gasteiger partial charge in [0.2, 0.25) is 5.91 Å². The minimum absolute atomic E-state index is 0.0692. The number of hydrogen-bond acceptors (Lipinski definition) is 4. The maximum absolute atomic E-state index is 12.2. The molecule has 1 aromatic rings. The molecule has 6 heteroatoms. The first kappa shape index (κ1) is 16.0. The Balaban J connectivity index is 1.98. The molecule has 5 nitrogen and oxygen atoms in total. The van der Waals surface area contributed by atoms with Crippen LogP contribution in [0.5, 0.6) is 0 Å². The summed E-state index contributed by atoms with van der Waals surface area (Å²) >= 11 is 0. The Hall–Kier alpha value is -1.40. The maximum atomic E-state index is 12.2. The third kappa shape index (κ3) is 4.04. The topological polar surface area (TPSA) is 66.5 Å². The summed E-state index contributed by atoms with van der Waals surface area (Å²) in [5, 5.41) is 3.26. The van der Waals surface area contributed by atoms with Crippen molar-refractivity contribution in [3.8, 4) is 0 Å². The molecule has 1 atom stereocenters. The Morgan fingerprint density at radius 2 is 1.95 bits per heavy atom. The molecular formula is C15H22N2O3S. The molecule has 1 aliphatic heterocycles. The van der Waals surface area contributed by atoms with Gasteiger partial charge in [0, 0.05) is 19.3 Å². The number of nitrogens with zero attached hydrogens (tertiary/aromatic N) is 1. The Kier molecular flexibility index (Phi) is 5.00. The fraction of sp³-hybridized carbons (Fsp3) is 0.533. The number of benzene rings is 1. The molecule has 1 fully saturated rings. The van der Waals surface area contributed by atoms with E-state index in [0.717, 1.165) is 31.5 Å². The average Bonchev–Trinajstić information content (AvgIpc) is 2.77. The predicted octanol–water partition coefficient (Wildman–Crippen LogP) is 1.19. The van der Waals surface area contributed by atoms with Crippen LogP contribution in [0.3, 0.4) is 0 Å². The lowest BCUT2D eigenvalue weighted by Crippen LogP contribution is -2.38. The number of amides is 1. The van der Waals surface area contributed by atoms with E-state index in [1.54, 1.807) is 24.3 Å². The van der Waals surface area contributed by atoms with Gasteiger partial charge in [-0.15, -0.1) is 0 Å². The Bertz CT molecular complexity index is 596. The van der Waals surface area contributed by atoms with Crippen molar-refractivity contribution in [3.05, 3.63) is 29.8 Å². The Labute approximate surface area is 126 Å². The fourth-order valence-electron chi connectivity index (χ4n) is 2.47. The summed E-state index contributed by atoms with van der Waals surface area (Å²) in [7, 11) is -3.17. The maximum Gasteiger partial charge on any atom is 0.240 e. The van der Waals surface area contributed by atoms with Gasteiger partial charge in [-0.25, -0.2) is 8.42 Å². The summed E-state index contributed by atoms with van der Waals surface area (Å²) in [6.45, 7) is 4.21. The van der Waals surface area contributed by atoms with Gasteiger partial charge in [-0.2, -0.15) is 0 Å². The van der Waals surface area contributed by atoms with Gasteiger partial charge < -0.3 is 10.2 Å². The summed E-state index contributed by atoms with van der Waals surface area (Å²) in [6, 6.07) is 6.67. The number of sulfone groups is 1. The second kappa shape index (κ2) is 6.58. The van der Waals surface area contributed by atoms with E-state index in [4.69, 9.17) is 0 Å². The van der Waals surface area contributed by atoms with Gasteiger partial charge in [0.15, 0.2) is 9.84 Å². The van der Waals surface area contributed by atoms with Crippen molar-refractivity contribution in [2.75, 3.05) is 19.3 Å². The first-order valence-electron chi connectivity index (χ1n) is 7.23. The number of carbonyl (C=O) groups is 1. The molecule has 116 valence electrons. The van der Waals surface area contributed by atoms with Crippen LogP contribution in [0, 0.1) is 0 Å². The van der Waals surface area contributed by atoms with E-state index in [0.29, 0.717) is 11.4 Å². The zero-order valence-electron chi connectivity index (χ0n) is 12.5. The van der Waals surface area contributed by atoms with Crippen molar-refractivity contribution in [2.24, 2.45) is 0 Å². The van der Waals surface area contributed by atoms with Gasteiger partial charge in [-0.3, -0.25) is 4.79 Å². The predicted molar refractivity (Wildman–Crippen MR) is 81.7 cm³/mol. The number of hydrogen-bond donors (Lipinski definition) is 1. The molecule has 0 radical (unpaired) electrons. The zero-order chi connectivity index (χ0) is 15.5. The van der Waals surface area contributed by atoms with Gasteiger partial charge in [-0.05, 0) is 37.1 Å². The summed E-state index contributed by atoms with van der Waals surface area (Å²) in [4.78, 5) is 14.3. The van der Waals surface area contributed by atoms with E-state index in [-0.39, 0.29) is 11.9 Å². The summed E-state index contributed by atoms with van der Waals surface area (Å²) in [6.07, 6.45) is 3.03. The molecule has 1 saturated heterocycles. The first-order valence-corrected chi connectivity index (χ1v) is 9.12. The molecule has 1 aliphatic rings. The number of likely N-dealkylation sites (tertiary alicyclic amines) is 1. The highest BCUT2D eigenvalue weighted by Gasteiger charge is 2.30. The molecule has 0 bridgehead atoms. The minimum Gasteiger partial charge on any atom is -0.337 e. The molecule has 0 spiro atoms. The first-order chi connectivity index (χ1) is 9.91. The Morgan fingerprint density at radius 3 is 2.52 bits per heavy atom. The van der Waals surface area contributed by atoms with Crippen molar-refractivity contribution in [1.82, 2.24) is 10.2 Å². The van der Waals surface area contributed by atoms with Crippen LogP contribution in [-0.4, -0.2) is 44.6 Å². The third-order valence-corrected chi connectivity index (χ3v) is 4.79. The van der Waals surface area contributed by atoms with E-state index >= 15 is 0 Å². The molecular weight excluding hydrogens is 288 g/mol. The van der Waals surface area contributed by atoms with Crippen molar-refractivity contribution in [3.63, 3.8) is 0 Å². The molecule has 1 N–H and O–H groups in total. The smallest absolute Gasteiger partial charge is 0.240 e. The normalized spacial score (nSPS) is 19.2. The number of rotatable bonds is 6. The molecule has 1 amide bonds. The third-order valence-electron chi connectivity index (χ3n) is 3.66. The molecule has 0 saturated carbocycles. The molecule has 1 heterocycles. The lowest BCUT2D eigenvalue weighted by atomic mass is 10.2. The van der Waals surface area contributed by atoms with E-state index in [1.807, 2.05) is 4.90 Å². The van der Waals surface area contributed by atoms with Gasteiger partial charge in [0.1, 0.15) is 0 Å². The molecule has 0 aromatic heterocycles. The Morgan fingerprint density at radius 1 is 1.29 bits per heavy atom. The van der Waals surface area contributed by atoms with Crippen molar-refractivity contribution < 1.29 is 13.2 Å². The molecule has 21 heavy (non-hydrogen) atoms. The fourth-order valence-corrected chi connectivity index (χ4v) is 3.10. The van der Waals surface area contributed by atoms with Crippen LogP contribution in [0.15, 0.2) is 29.2 Å². The van der Waals surface area contributed by atoms with Gasteiger partial charge in [0.25, 0.3) is 0 Å². The highest BCUT2D eigenvalue weighted by molar-refractivity contribution is 7.90. The van der Waals surface area contributed by atoms with Crippen LogP contribution in [0.2, 0.25) is 0 Å². The van der Waals surface area contributed by atoms with Crippen LogP contribution in [0.4, 0.5) is 0 Å². The van der Waals surface area contributed by atoms with Gasteiger partial charge in [0.05, 0.1) is 10.9 Å². The molecule has 2 rings (SSSR count). The highest BCUT2D eigenvalue weighted by Crippen LogP contribution is 2.17. The lowest BCUT2D eigenvalue weighted by Gasteiger charge is -2.17. The van der Waals surface area contributed by atoms with Crippen molar-refractivity contribution >= 4 is 15.7 Å². The SMILES string of the molecule is CCCNC1CCN(Cc2ccc(S(C)(=O)=O)cc2)C1=O. The number of carbonyl (C=O) groups excluding carboxylic acids is 1. The molecule has 1 aromatic carbocycles. The quantitative estimate of drug-likeness (QED) is 0.857. The van der Waals surface area contributed by atoms with Crippen LogP contribution < -0.4 is 5.32 Å². The van der Waals surface area contributed by atoms with E-state index in [9.17, 15) is 13.2 Å². The number of nitrogens with one attached hydrogen (secondary N) is 1. The molecule has 1 unspecified atom stereocenters. The van der Waals surface area contributed by atoms with Gasteiger partial charge >= 0.3 is 0 Å². The zero-order valence-corrected chi connectivity index (χ0v) is 13.3. The molecule has 0 aliphatic carbocycles. The summed E-state index contributed by atoms with van der Waals surface area (Å²) in [5.41, 5.74) is 0.951. The summed E-state index contributed by atoms with van der Waals surface area (Å²) in [5.74, 6) is 0.135. The van der Waals surface area contributed by atoms with Crippen LogP contribution in [-0.2, 0) is 21.2 Å². The standard InChI is InChI=1S/C15H22N2O3S/c1-3-9-16-14-8-10-17(15(14)18)11-12-4-6-13(7-5-12)21(2,19)20/h4-7,14,16H,3,8-11H2,1-2H3. The minimum atomic E-state index is -3.17. The lowest BCUT2D eigenvalue weighted by molar-refractivity contribution is -0.129. The monoisotopic (exact) mass is 310 g/mol. The van der Waals surface area contributed by atoms with Gasteiger partial charge in [-0.1, -0.05) is 19.1 Å². The second-order valence-electron chi connectivity index (χ2n) is 5.47. The van der Waals surface area contributed by atoms with E-state index in [2.05, 4.69) is 12.2 Å². The van der Waals surface area contributed by atoms with Crippen LogP contribution in [0.25, 0.3) is 0 Å². The van der Waals surface area contributed by atoms with Crippen LogP contribution in [0.1, 0.15) is 25.3 Å². The van der Waals surface area contributed by atoms with E-state index in [1.165, 1.54) is 6.26 Å². The van der Waals surface area contributed by atoms with Crippen LogP contribution >= 0.6 is 0 Å². The largest absolute Gasteiger partial charge is 0.337 e. The van der Waals surface area contributed by atoms with Crippen molar-refractivity contribution in [2.45, 2.75) is 37.2 Å². The van der Waals surface area contributed by atoms with E-state index < -0.39 is 9.84 Å². The second-order valence-corrected chi connectivity index (χ2v) is 7.49. The average molecular weight is 310 g/mol. The summed E-state index contributed by atoms with van der Waals surface area (Å²) < 4.78 is 22.8. The van der Waals surface area contributed by atoms with Crippen molar-refractivity contribution in [1.29, 1.82) is 0 Å².